The zero-order chi connectivity index (χ0) is 11.6. The van der Waals surface area contributed by atoms with Gasteiger partial charge in [-0.25, -0.2) is 0 Å². The lowest BCUT2D eigenvalue weighted by molar-refractivity contribution is 0.410. The van der Waals surface area contributed by atoms with Crippen LogP contribution in [0.1, 0.15) is 39.0 Å². The molecule has 1 aliphatic carbocycles. The summed E-state index contributed by atoms with van der Waals surface area (Å²) >= 11 is 5.84. The molecule has 0 aromatic heterocycles. The number of halogens is 1. The summed E-state index contributed by atoms with van der Waals surface area (Å²) in [5.74, 6) is 0. The number of benzene rings is 1. The minimum absolute atomic E-state index is 0.0356. The average molecular weight is 257 g/mol. The summed E-state index contributed by atoms with van der Waals surface area (Å²) in [4.78, 5) is 0.911. The fraction of sp³-hybridized carbons (Fsp3) is 0.538. The molecular weight excluding hydrogens is 240 g/mol. The summed E-state index contributed by atoms with van der Waals surface area (Å²) in [6.07, 6.45) is 5.84. The second-order valence-electron chi connectivity index (χ2n) is 4.73. The minimum Gasteiger partial charge on any atom is -0.254 e. The topological polar surface area (TPSA) is 17.1 Å². The highest BCUT2D eigenvalue weighted by atomic mass is 35.5. The van der Waals surface area contributed by atoms with E-state index >= 15 is 0 Å². The molecule has 1 saturated carbocycles. The first kappa shape index (κ1) is 12.1. The van der Waals surface area contributed by atoms with Crippen molar-refractivity contribution in [2.75, 3.05) is 0 Å². The van der Waals surface area contributed by atoms with E-state index in [2.05, 4.69) is 6.92 Å². The quantitative estimate of drug-likeness (QED) is 0.776. The zero-order valence-corrected chi connectivity index (χ0v) is 11.1. The monoisotopic (exact) mass is 256 g/mol. The molecule has 1 aromatic rings. The Morgan fingerprint density at radius 1 is 1.12 bits per heavy atom. The molecule has 16 heavy (non-hydrogen) atoms. The average Bonchev–Trinajstić information content (AvgIpc) is 2.30. The van der Waals surface area contributed by atoms with Crippen LogP contribution in [0.5, 0.6) is 0 Å². The van der Waals surface area contributed by atoms with E-state index < -0.39 is 10.8 Å². The lowest BCUT2D eigenvalue weighted by Gasteiger charge is -2.32. The molecule has 0 spiro atoms. The van der Waals surface area contributed by atoms with Crippen molar-refractivity contribution in [1.82, 2.24) is 0 Å². The van der Waals surface area contributed by atoms with Crippen LogP contribution < -0.4 is 0 Å². The van der Waals surface area contributed by atoms with Gasteiger partial charge < -0.3 is 0 Å². The predicted octanol–water partition coefficient (Wildman–Crippen LogP) is 4.17. The highest BCUT2D eigenvalue weighted by molar-refractivity contribution is 7.86. The van der Waals surface area contributed by atoms with Gasteiger partial charge in [-0.2, -0.15) is 0 Å². The van der Waals surface area contributed by atoms with Gasteiger partial charge in [-0.05, 0) is 44.0 Å². The predicted molar refractivity (Wildman–Crippen MR) is 69.4 cm³/mol. The van der Waals surface area contributed by atoms with E-state index in [4.69, 9.17) is 11.6 Å². The summed E-state index contributed by atoms with van der Waals surface area (Å²) in [7, 11) is -0.902. The molecule has 0 saturated heterocycles. The SMILES string of the molecule is CC1(S(=O)c2ccc(Cl)cc2)CCCCC1. The first-order valence-electron chi connectivity index (χ1n) is 5.79. The van der Waals surface area contributed by atoms with Crippen molar-refractivity contribution in [3.8, 4) is 0 Å². The van der Waals surface area contributed by atoms with Crippen molar-refractivity contribution in [3.63, 3.8) is 0 Å². The van der Waals surface area contributed by atoms with Crippen LogP contribution in [0.15, 0.2) is 29.2 Å². The summed E-state index contributed by atoms with van der Waals surface area (Å²) in [5, 5.41) is 0.703. The Kier molecular flexibility index (Phi) is 3.70. The molecule has 0 aliphatic heterocycles. The molecule has 2 rings (SSSR count). The molecule has 1 unspecified atom stereocenters. The van der Waals surface area contributed by atoms with Gasteiger partial charge in [0.05, 0.1) is 10.8 Å². The maximum atomic E-state index is 12.5. The third kappa shape index (κ3) is 2.49. The van der Waals surface area contributed by atoms with E-state index in [-0.39, 0.29) is 4.75 Å². The Morgan fingerprint density at radius 3 is 2.25 bits per heavy atom. The summed E-state index contributed by atoms with van der Waals surface area (Å²) < 4.78 is 12.5. The summed E-state index contributed by atoms with van der Waals surface area (Å²) in [5.41, 5.74) is 0. The number of hydrogen-bond donors (Lipinski definition) is 0. The first-order valence-corrected chi connectivity index (χ1v) is 7.32. The molecule has 0 bridgehead atoms. The van der Waals surface area contributed by atoms with Crippen LogP contribution >= 0.6 is 11.6 Å². The van der Waals surface area contributed by atoms with E-state index in [0.717, 1.165) is 17.7 Å². The third-order valence-electron chi connectivity index (χ3n) is 3.39. The fourth-order valence-corrected chi connectivity index (χ4v) is 4.07. The molecule has 0 radical (unpaired) electrons. The van der Waals surface area contributed by atoms with Crippen LogP contribution in [0.3, 0.4) is 0 Å². The molecule has 0 heterocycles. The first-order chi connectivity index (χ1) is 7.62. The molecule has 1 nitrogen and oxygen atoms in total. The molecule has 1 aliphatic rings. The minimum atomic E-state index is -0.902. The molecule has 3 heteroatoms. The molecule has 0 amide bonds. The maximum Gasteiger partial charge on any atom is 0.0589 e. The fourth-order valence-electron chi connectivity index (χ4n) is 2.33. The molecule has 0 N–H and O–H groups in total. The van der Waals surface area contributed by atoms with Gasteiger partial charge in [0.2, 0.25) is 0 Å². The summed E-state index contributed by atoms with van der Waals surface area (Å²) in [6.45, 7) is 2.15. The molecule has 1 aromatic carbocycles. The Balaban J connectivity index is 2.20. The van der Waals surface area contributed by atoms with Gasteiger partial charge in [-0.15, -0.1) is 0 Å². The van der Waals surface area contributed by atoms with Crippen molar-refractivity contribution in [2.24, 2.45) is 0 Å². The standard InChI is InChI=1S/C13H17ClOS/c1-13(9-3-2-4-10-13)16(15)12-7-5-11(14)6-8-12/h5-8H,2-4,9-10H2,1H3. The van der Waals surface area contributed by atoms with E-state index in [1.165, 1.54) is 19.3 Å². The highest BCUT2D eigenvalue weighted by Crippen LogP contribution is 2.36. The van der Waals surface area contributed by atoms with Crippen LogP contribution in [0.2, 0.25) is 5.02 Å². The van der Waals surface area contributed by atoms with Gasteiger partial charge in [0.1, 0.15) is 0 Å². The van der Waals surface area contributed by atoms with Crippen molar-refractivity contribution in [2.45, 2.75) is 48.7 Å². The highest BCUT2D eigenvalue weighted by Gasteiger charge is 2.33. The van der Waals surface area contributed by atoms with Gasteiger partial charge in [0, 0.05) is 14.7 Å². The zero-order valence-electron chi connectivity index (χ0n) is 9.54. The van der Waals surface area contributed by atoms with Gasteiger partial charge in [0.15, 0.2) is 0 Å². The number of rotatable bonds is 2. The van der Waals surface area contributed by atoms with Crippen LogP contribution in [-0.4, -0.2) is 8.96 Å². The van der Waals surface area contributed by atoms with Gasteiger partial charge in [-0.1, -0.05) is 30.9 Å². The smallest absolute Gasteiger partial charge is 0.0589 e. The van der Waals surface area contributed by atoms with Gasteiger partial charge >= 0.3 is 0 Å². The van der Waals surface area contributed by atoms with Crippen molar-refractivity contribution in [1.29, 1.82) is 0 Å². The van der Waals surface area contributed by atoms with Crippen LogP contribution in [0.4, 0.5) is 0 Å². The lowest BCUT2D eigenvalue weighted by atomic mass is 9.90. The molecular formula is C13H17ClOS. The van der Waals surface area contributed by atoms with E-state index in [1.807, 2.05) is 24.3 Å². The normalized spacial score (nSPS) is 21.6. The van der Waals surface area contributed by atoms with Gasteiger partial charge in [-0.3, -0.25) is 4.21 Å². The van der Waals surface area contributed by atoms with E-state index in [0.29, 0.717) is 5.02 Å². The second-order valence-corrected chi connectivity index (χ2v) is 7.16. The van der Waals surface area contributed by atoms with Crippen LogP contribution in [-0.2, 0) is 10.8 Å². The molecule has 1 fully saturated rings. The maximum absolute atomic E-state index is 12.5. The Hall–Kier alpha value is -0.340. The van der Waals surface area contributed by atoms with E-state index in [9.17, 15) is 4.21 Å². The largest absolute Gasteiger partial charge is 0.254 e. The van der Waals surface area contributed by atoms with E-state index in [1.54, 1.807) is 0 Å². The lowest BCUT2D eigenvalue weighted by Crippen LogP contribution is -2.33. The van der Waals surface area contributed by atoms with Gasteiger partial charge in [0.25, 0.3) is 0 Å². The number of hydrogen-bond acceptors (Lipinski definition) is 1. The van der Waals surface area contributed by atoms with Crippen molar-refractivity contribution >= 4 is 22.4 Å². The molecule has 1 atom stereocenters. The van der Waals surface area contributed by atoms with Crippen LogP contribution in [0, 0.1) is 0 Å². The second kappa shape index (κ2) is 4.89. The summed E-state index contributed by atoms with van der Waals surface area (Å²) in [6, 6.07) is 7.42. The third-order valence-corrected chi connectivity index (χ3v) is 5.64. The van der Waals surface area contributed by atoms with Crippen LogP contribution in [0.25, 0.3) is 0 Å². The Labute approximate surface area is 105 Å². The Bertz CT molecular complexity index is 379. The molecule has 88 valence electrons. The Morgan fingerprint density at radius 2 is 1.69 bits per heavy atom. The van der Waals surface area contributed by atoms with Crippen molar-refractivity contribution in [3.05, 3.63) is 29.3 Å². The van der Waals surface area contributed by atoms with Crippen molar-refractivity contribution < 1.29 is 4.21 Å².